The van der Waals surface area contributed by atoms with E-state index in [2.05, 4.69) is 15.6 Å². The fourth-order valence-electron chi connectivity index (χ4n) is 3.41. The molecule has 0 bridgehead atoms. The van der Waals surface area contributed by atoms with Crippen LogP contribution in [0, 0.1) is 0 Å². The van der Waals surface area contributed by atoms with Crippen molar-refractivity contribution in [1.82, 2.24) is 5.32 Å². The van der Waals surface area contributed by atoms with E-state index < -0.39 is 17.7 Å². The smallest absolute Gasteiger partial charge is 0.416 e. The Balaban J connectivity index is 1.84. The molecule has 31 heavy (non-hydrogen) atoms. The number of phenolic OH excluding ortho intramolecular Hbond substituents is 1. The van der Waals surface area contributed by atoms with Crippen LogP contribution in [0.3, 0.4) is 0 Å². The van der Waals surface area contributed by atoms with Crippen LogP contribution in [-0.2, 0) is 17.5 Å². The lowest BCUT2D eigenvalue weighted by Crippen LogP contribution is -2.37. The van der Waals surface area contributed by atoms with E-state index in [-0.39, 0.29) is 29.6 Å². The monoisotopic (exact) mass is 435 g/mol. The number of aromatic hydroxyl groups is 1. The zero-order chi connectivity index (χ0) is 22.4. The second kappa shape index (κ2) is 9.72. The number of anilines is 1. The van der Waals surface area contributed by atoms with Gasteiger partial charge in [-0.2, -0.15) is 13.2 Å². The van der Waals surface area contributed by atoms with Gasteiger partial charge in [0.1, 0.15) is 5.75 Å². The number of methoxy groups -OCH3 is 1. The molecule has 0 amide bonds. The SMILES string of the molecule is COC(=O)c1ccc(O)c(NC(=NCc2cccc(C(F)(F)F)c2)NC2CCCC2)c1. The van der Waals surface area contributed by atoms with Crippen molar-refractivity contribution in [2.45, 2.75) is 44.4 Å². The van der Waals surface area contributed by atoms with E-state index in [0.29, 0.717) is 11.5 Å². The molecule has 3 rings (SSSR count). The maximum atomic E-state index is 13.0. The first-order valence-corrected chi connectivity index (χ1v) is 9.92. The van der Waals surface area contributed by atoms with Crippen molar-refractivity contribution < 1.29 is 27.8 Å². The molecule has 166 valence electrons. The summed E-state index contributed by atoms with van der Waals surface area (Å²) in [6.07, 6.45) is -0.400. The molecule has 1 aliphatic carbocycles. The van der Waals surface area contributed by atoms with Crippen molar-refractivity contribution in [2.24, 2.45) is 4.99 Å². The quantitative estimate of drug-likeness (QED) is 0.275. The van der Waals surface area contributed by atoms with E-state index in [1.807, 2.05) is 0 Å². The third-order valence-electron chi connectivity index (χ3n) is 5.04. The zero-order valence-corrected chi connectivity index (χ0v) is 17.0. The number of nitrogens with one attached hydrogen (secondary N) is 2. The topological polar surface area (TPSA) is 83.0 Å². The zero-order valence-electron chi connectivity index (χ0n) is 17.0. The van der Waals surface area contributed by atoms with Crippen LogP contribution in [-0.4, -0.2) is 30.2 Å². The van der Waals surface area contributed by atoms with Crippen LogP contribution in [0.25, 0.3) is 0 Å². The number of ether oxygens (including phenoxy) is 1. The molecule has 9 heteroatoms. The number of benzene rings is 2. The molecule has 2 aromatic rings. The van der Waals surface area contributed by atoms with Gasteiger partial charge in [-0.25, -0.2) is 9.79 Å². The number of hydrogen-bond donors (Lipinski definition) is 3. The predicted octanol–water partition coefficient (Wildman–Crippen LogP) is 4.70. The summed E-state index contributed by atoms with van der Waals surface area (Å²) in [6.45, 7) is 0.00340. The molecule has 0 radical (unpaired) electrons. The summed E-state index contributed by atoms with van der Waals surface area (Å²) in [5, 5.41) is 16.4. The van der Waals surface area contributed by atoms with Crippen LogP contribution in [0.4, 0.5) is 18.9 Å². The molecule has 0 heterocycles. The van der Waals surface area contributed by atoms with Crippen LogP contribution in [0.5, 0.6) is 5.75 Å². The van der Waals surface area contributed by atoms with Gasteiger partial charge in [0.15, 0.2) is 5.96 Å². The van der Waals surface area contributed by atoms with Gasteiger partial charge >= 0.3 is 12.1 Å². The molecular weight excluding hydrogens is 411 g/mol. The highest BCUT2D eigenvalue weighted by atomic mass is 19.4. The van der Waals surface area contributed by atoms with Gasteiger partial charge in [0.25, 0.3) is 0 Å². The number of nitrogens with zero attached hydrogens (tertiary/aromatic N) is 1. The van der Waals surface area contributed by atoms with Crippen molar-refractivity contribution in [3.8, 4) is 5.75 Å². The van der Waals surface area contributed by atoms with Gasteiger partial charge in [-0.15, -0.1) is 0 Å². The summed E-state index contributed by atoms with van der Waals surface area (Å²) in [6, 6.07) is 9.37. The second-order valence-corrected chi connectivity index (χ2v) is 7.34. The average molecular weight is 435 g/mol. The van der Waals surface area contributed by atoms with E-state index in [0.717, 1.165) is 37.8 Å². The number of guanidine groups is 1. The third-order valence-corrected chi connectivity index (χ3v) is 5.04. The van der Waals surface area contributed by atoms with Gasteiger partial charge < -0.3 is 20.5 Å². The highest BCUT2D eigenvalue weighted by Gasteiger charge is 2.30. The van der Waals surface area contributed by atoms with Crippen LogP contribution < -0.4 is 10.6 Å². The molecule has 6 nitrogen and oxygen atoms in total. The maximum Gasteiger partial charge on any atom is 0.416 e. The number of alkyl halides is 3. The molecule has 0 aromatic heterocycles. The van der Waals surface area contributed by atoms with Crippen molar-refractivity contribution in [1.29, 1.82) is 0 Å². The minimum Gasteiger partial charge on any atom is -0.506 e. The van der Waals surface area contributed by atoms with Gasteiger partial charge in [0.2, 0.25) is 0 Å². The second-order valence-electron chi connectivity index (χ2n) is 7.34. The van der Waals surface area contributed by atoms with Crippen molar-refractivity contribution >= 4 is 17.6 Å². The third kappa shape index (κ3) is 6.13. The number of carbonyl (C=O) groups is 1. The Morgan fingerprint density at radius 1 is 1.19 bits per heavy atom. The van der Waals surface area contributed by atoms with Gasteiger partial charge in [0.05, 0.1) is 30.5 Å². The molecule has 1 saturated carbocycles. The molecule has 0 saturated heterocycles. The Kier molecular flexibility index (Phi) is 7.04. The Morgan fingerprint density at radius 3 is 2.61 bits per heavy atom. The Hall–Kier alpha value is -3.23. The molecular formula is C22H24F3N3O3. The van der Waals surface area contributed by atoms with Crippen LogP contribution in [0.2, 0.25) is 0 Å². The molecule has 0 aliphatic heterocycles. The standard InChI is InChI=1S/C22H24F3N3O3/c1-31-20(30)15-9-10-19(29)18(12-15)28-21(27-17-7-2-3-8-17)26-13-14-5-4-6-16(11-14)22(23,24)25/h4-6,9-12,17,29H,2-3,7-8,13H2,1H3,(H2,26,27,28). The van der Waals surface area contributed by atoms with E-state index >= 15 is 0 Å². The molecule has 3 N–H and O–H groups in total. The molecule has 1 fully saturated rings. The number of esters is 1. The number of phenols is 1. The number of carbonyl (C=O) groups excluding carboxylic acids is 1. The van der Waals surface area contributed by atoms with E-state index in [4.69, 9.17) is 4.74 Å². The van der Waals surface area contributed by atoms with Gasteiger partial charge in [-0.05, 0) is 48.7 Å². The number of rotatable bonds is 5. The summed E-state index contributed by atoms with van der Waals surface area (Å²) < 4.78 is 43.6. The first kappa shape index (κ1) is 22.5. The molecule has 2 aromatic carbocycles. The van der Waals surface area contributed by atoms with Crippen molar-refractivity contribution in [2.75, 3.05) is 12.4 Å². The van der Waals surface area contributed by atoms with Gasteiger partial charge in [-0.1, -0.05) is 25.0 Å². The largest absolute Gasteiger partial charge is 0.506 e. The van der Waals surface area contributed by atoms with E-state index in [9.17, 15) is 23.1 Å². The first-order valence-electron chi connectivity index (χ1n) is 9.92. The van der Waals surface area contributed by atoms with Crippen LogP contribution in [0.1, 0.15) is 47.2 Å². The lowest BCUT2D eigenvalue weighted by atomic mass is 10.1. The van der Waals surface area contributed by atoms with Crippen LogP contribution in [0.15, 0.2) is 47.5 Å². The minimum atomic E-state index is -4.43. The van der Waals surface area contributed by atoms with Crippen molar-refractivity contribution in [3.05, 3.63) is 59.2 Å². The predicted molar refractivity (Wildman–Crippen MR) is 111 cm³/mol. The van der Waals surface area contributed by atoms with Crippen molar-refractivity contribution in [3.63, 3.8) is 0 Å². The van der Waals surface area contributed by atoms with E-state index in [1.54, 1.807) is 6.07 Å². The average Bonchev–Trinajstić information content (AvgIpc) is 3.25. The molecule has 0 spiro atoms. The fraction of sp³-hybridized carbons (Fsp3) is 0.364. The Labute approximate surface area is 178 Å². The normalized spacial score (nSPS) is 15.0. The number of hydrogen-bond acceptors (Lipinski definition) is 4. The first-order chi connectivity index (χ1) is 14.8. The lowest BCUT2D eigenvalue weighted by Gasteiger charge is -2.18. The fourth-order valence-corrected chi connectivity index (χ4v) is 3.41. The summed E-state index contributed by atoms with van der Waals surface area (Å²) in [4.78, 5) is 16.2. The summed E-state index contributed by atoms with van der Waals surface area (Å²) in [5.41, 5.74) is 0.133. The lowest BCUT2D eigenvalue weighted by molar-refractivity contribution is -0.137. The highest BCUT2D eigenvalue weighted by molar-refractivity contribution is 5.97. The number of aliphatic imine (C=N–C) groups is 1. The molecule has 0 atom stereocenters. The summed E-state index contributed by atoms with van der Waals surface area (Å²) in [5.74, 6) is -0.358. The Bertz CT molecular complexity index is 955. The minimum absolute atomic E-state index is 0.00340. The summed E-state index contributed by atoms with van der Waals surface area (Å²) in [7, 11) is 1.26. The number of halogens is 3. The molecule has 0 unspecified atom stereocenters. The summed E-state index contributed by atoms with van der Waals surface area (Å²) >= 11 is 0. The van der Waals surface area contributed by atoms with Crippen LogP contribution >= 0.6 is 0 Å². The molecule has 1 aliphatic rings. The maximum absolute atomic E-state index is 13.0. The van der Waals surface area contributed by atoms with E-state index in [1.165, 1.54) is 31.4 Å². The Morgan fingerprint density at radius 2 is 1.94 bits per heavy atom. The van der Waals surface area contributed by atoms with Gasteiger partial charge in [-0.3, -0.25) is 0 Å². The van der Waals surface area contributed by atoms with Gasteiger partial charge in [0, 0.05) is 6.04 Å². The highest BCUT2D eigenvalue weighted by Crippen LogP contribution is 2.30.